The molecule has 18 heteroatoms. The first-order valence-corrected chi connectivity index (χ1v) is 17.5. The number of hydrogen-bond donors (Lipinski definition) is 1. The molecule has 0 aromatic carbocycles. The van der Waals surface area contributed by atoms with Crippen LogP contribution in [-0.2, 0) is 75.8 Å². The van der Waals surface area contributed by atoms with Crippen LogP contribution in [0.15, 0.2) is 0 Å². The van der Waals surface area contributed by atoms with Gasteiger partial charge in [-0.25, -0.2) is 0 Å². The maximum atomic E-state index is 12.3. The molecule has 0 spiro atoms. The molecule has 0 aromatic rings. The van der Waals surface area contributed by atoms with Crippen molar-refractivity contribution in [2.75, 3.05) is 13.2 Å². The fourth-order valence-electron chi connectivity index (χ4n) is 4.71. The Hall–Kier alpha value is -3.16. The van der Waals surface area contributed by atoms with Gasteiger partial charge in [0.15, 0.2) is 45.3 Å². The molecule has 0 aromatic heterocycles. The fourth-order valence-corrected chi connectivity index (χ4v) is 5.81. The van der Waals surface area contributed by atoms with Crippen LogP contribution in [0.5, 0.6) is 0 Å². The molecule has 10 atom stereocenters. The quantitative estimate of drug-likeness (QED) is 0.163. The summed E-state index contributed by atoms with van der Waals surface area (Å²) in [6.07, 6.45) is -14.9. The molecule has 17 nitrogen and oxygen atoms in total. The van der Waals surface area contributed by atoms with Gasteiger partial charge in [0, 0.05) is 41.5 Å². The van der Waals surface area contributed by atoms with Crippen molar-refractivity contribution in [3.63, 3.8) is 0 Å². The Morgan fingerprint density at radius 1 is 0.556 bits per heavy atom. The minimum absolute atomic E-state index is 0.408. The van der Waals surface area contributed by atoms with E-state index in [2.05, 4.69) is 0 Å². The molecule has 45 heavy (non-hydrogen) atoms. The van der Waals surface area contributed by atoms with Gasteiger partial charge < -0.3 is 52.2 Å². The largest absolute Gasteiger partial charge is 0.463 e. The average Bonchev–Trinajstić information content (AvgIpc) is 2.87. The molecule has 1 unspecified atom stereocenters. The Labute approximate surface area is 261 Å². The summed E-state index contributed by atoms with van der Waals surface area (Å²) in [6, 6.07) is 0. The van der Waals surface area contributed by atoms with Crippen LogP contribution in [0, 0.1) is 0 Å². The van der Waals surface area contributed by atoms with E-state index in [9.17, 15) is 33.9 Å². The second-order valence-electron chi connectivity index (χ2n) is 11.3. The molecule has 2 aliphatic rings. The normalized spacial score (nSPS) is 31.6. The van der Waals surface area contributed by atoms with Crippen LogP contribution in [0.25, 0.3) is 0 Å². The Bertz CT molecular complexity index is 1090. The first-order valence-electron chi connectivity index (χ1n) is 14.1. The van der Waals surface area contributed by atoms with Crippen LogP contribution >= 0.6 is 0 Å². The summed E-state index contributed by atoms with van der Waals surface area (Å²) < 4.78 is 56.2. The van der Waals surface area contributed by atoms with Crippen LogP contribution in [0.1, 0.15) is 41.5 Å². The predicted octanol–water partition coefficient (Wildman–Crippen LogP) is -0.113. The van der Waals surface area contributed by atoms with E-state index in [0.29, 0.717) is 0 Å². The summed E-state index contributed by atoms with van der Waals surface area (Å²) in [5, 5.41) is 10.7. The maximum absolute atomic E-state index is 12.3. The van der Waals surface area contributed by atoms with Crippen molar-refractivity contribution in [2.24, 2.45) is 0 Å². The van der Waals surface area contributed by atoms with Crippen LogP contribution < -0.4 is 0 Å². The molecule has 2 aliphatic heterocycles. The summed E-state index contributed by atoms with van der Waals surface area (Å²) in [5.41, 5.74) is 0. The summed E-state index contributed by atoms with van der Waals surface area (Å²) in [5.74, 6) is -4.75. The lowest BCUT2D eigenvalue weighted by molar-refractivity contribution is -0.355. The van der Waals surface area contributed by atoms with Gasteiger partial charge in [0.1, 0.15) is 37.6 Å². The van der Waals surface area contributed by atoms with Gasteiger partial charge in [-0.3, -0.25) is 28.8 Å². The predicted molar refractivity (Wildman–Crippen MR) is 148 cm³/mol. The van der Waals surface area contributed by atoms with Gasteiger partial charge in [-0.1, -0.05) is 0 Å². The highest BCUT2D eigenvalue weighted by Crippen LogP contribution is 2.35. The highest BCUT2D eigenvalue weighted by Gasteiger charge is 2.57. The zero-order chi connectivity index (χ0) is 34.2. The van der Waals surface area contributed by atoms with E-state index in [4.69, 9.17) is 47.1 Å². The lowest BCUT2D eigenvalue weighted by Crippen LogP contribution is -2.67. The van der Waals surface area contributed by atoms with Crippen molar-refractivity contribution in [2.45, 2.75) is 123 Å². The van der Waals surface area contributed by atoms with Gasteiger partial charge in [-0.05, 0) is 19.6 Å². The molecule has 2 rings (SSSR count). The van der Waals surface area contributed by atoms with Gasteiger partial charge in [-0.2, -0.15) is 0 Å². The van der Waals surface area contributed by atoms with Gasteiger partial charge in [0.25, 0.3) is 0 Å². The number of esters is 6. The standard InChI is InChI=1S/C27H42O17Si/c1-12(28)35-10-18-20(22(37-14(3)30)24(26(34)41-18)39-16(5)32)43-27-25(40-17(6)33)23(38-15(4)31)21(44-45(7,8)9)19(42-27)11-36-13(2)29/h18-27,34H,10-11H2,1-9H3/t18-,19-,20-,21+,22+,23+,24-,25-,26?,27+/m1/s1. The number of carbonyl (C=O) groups is 6. The molecule has 0 amide bonds. The topological polar surface area (TPSA) is 215 Å². The van der Waals surface area contributed by atoms with Crippen molar-refractivity contribution in [3.8, 4) is 0 Å². The van der Waals surface area contributed by atoms with Gasteiger partial charge in [-0.15, -0.1) is 0 Å². The van der Waals surface area contributed by atoms with Crippen LogP contribution in [0.4, 0.5) is 0 Å². The van der Waals surface area contributed by atoms with E-state index < -0.39 is 119 Å². The Balaban J connectivity index is 2.68. The van der Waals surface area contributed by atoms with Crippen molar-refractivity contribution in [1.29, 1.82) is 0 Å². The molecule has 1 N–H and O–H groups in total. The average molecular weight is 667 g/mol. The van der Waals surface area contributed by atoms with Gasteiger partial charge in [0.05, 0.1) is 0 Å². The smallest absolute Gasteiger partial charge is 0.303 e. The minimum Gasteiger partial charge on any atom is -0.463 e. The molecule has 256 valence electrons. The van der Waals surface area contributed by atoms with Crippen LogP contribution in [-0.4, -0.2) is 124 Å². The zero-order valence-corrected chi connectivity index (χ0v) is 27.7. The first kappa shape index (κ1) is 38.0. The molecular formula is C27H42O17Si. The van der Waals surface area contributed by atoms with E-state index in [-0.39, 0.29) is 0 Å². The lowest BCUT2D eigenvalue weighted by atomic mass is 9.96. The van der Waals surface area contributed by atoms with Crippen LogP contribution in [0.3, 0.4) is 0 Å². The SMILES string of the molecule is CC(=O)OC[C@H]1O[C@@H](O[C@H]2[C@H](OC(C)=O)[C@@H](OC(C)=O)C(O)O[C@@H]2COC(C)=O)[C@H](OC(C)=O)[C@@H](OC(C)=O)[C@H]1O[Si](C)(C)C. The maximum Gasteiger partial charge on any atom is 0.303 e. The van der Waals surface area contributed by atoms with E-state index in [1.807, 2.05) is 19.6 Å². The number of aliphatic hydroxyl groups is 1. The lowest BCUT2D eigenvalue weighted by Gasteiger charge is -2.49. The van der Waals surface area contributed by atoms with Gasteiger partial charge >= 0.3 is 35.8 Å². The number of rotatable bonds is 12. The van der Waals surface area contributed by atoms with Crippen molar-refractivity contribution in [1.82, 2.24) is 0 Å². The van der Waals surface area contributed by atoms with Gasteiger partial charge in [0.2, 0.25) is 0 Å². The molecule has 0 bridgehead atoms. The number of carbonyl (C=O) groups excluding carboxylic acids is 6. The van der Waals surface area contributed by atoms with Crippen molar-refractivity contribution < 1.29 is 80.9 Å². The number of aliphatic hydroxyl groups excluding tert-OH is 1. The van der Waals surface area contributed by atoms with E-state index >= 15 is 0 Å². The summed E-state index contributed by atoms with van der Waals surface area (Å²) >= 11 is 0. The molecule has 0 radical (unpaired) electrons. The monoisotopic (exact) mass is 666 g/mol. The highest BCUT2D eigenvalue weighted by molar-refractivity contribution is 6.69. The summed E-state index contributed by atoms with van der Waals surface area (Å²) in [4.78, 5) is 72.1. The minimum atomic E-state index is -2.46. The van der Waals surface area contributed by atoms with Crippen molar-refractivity contribution >= 4 is 44.1 Å². The van der Waals surface area contributed by atoms with Crippen LogP contribution in [0.2, 0.25) is 19.6 Å². The highest BCUT2D eigenvalue weighted by atomic mass is 28.4. The second kappa shape index (κ2) is 16.4. The Morgan fingerprint density at radius 2 is 0.956 bits per heavy atom. The summed E-state index contributed by atoms with van der Waals surface area (Å²) in [6.45, 7) is 11.1. The third kappa shape index (κ3) is 11.9. The Morgan fingerprint density at radius 3 is 1.38 bits per heavy atom. The molecule has 2 fully saturated rings. The molecule has 2 saturated heterocycles. The molecule has 0 aliphatic carbocycles. The first-order chi connectivity index (χ1) is 20.8. The molecule has 0 saturated carbocycles. The van der Waals surface area contributed by atoms with Crippen molar-refractivity contribution in [3.05, 3.63) is 0 Å². The zero-order valence-electron chi connectivity index (χ0n) is 26.7. The Kier molecular flexibility index (Phi) is 13.9. The molecule has 2 heterocycles. The number of hydrogen-bond acceptors (Lipinski definition) is 17. The summed E-state index contributed by atoms with van der Waals surface area (Å²) in [7, 11) is -2.46. The third-order valence-corrected chi connectivity index (χ3v) is 7.07. The fraction of sp³-hybridized carbons (Fsp3) is 0.778. The second-order valence-corrected chi connectivity index (χ2v) is 15.8. The number of ether oxygens (including phenoxy) is 9. The third-order valence-electron chi connectivity index (χ3n) is 6.09. The van der Waals surface area contributed by atoms with E-state index in [0.717, 1.165) is 34.6 Å². The van der Waals surface area contributed by atoms with E-state index in [1.54, 1.807) is 0 Å². The molecular weight excluding hydrogens is 624 g/mol. The van der Waals surface area contributed by atoms with E-state index in [1.165, 1.54) is 6.92 Å².